The molecule has 2 atom stereocenters. The van der Waals surface area contributed by atoms with Gasteiger partial charge < -0.3 is 0 Å². The van der Waals surface area contributed by atoms with Crippen LogP contribution in [0.5, 0.6) is 0 Å². The lowest BCUT2D eigenvalue weighted by Gasteiger charge is -2.11. The highest BCUT2D eigenvalue weighted by Gasteiger charge is 2.38. The molecule has 1 fully saturated rings. The second-order valence-electron chi connectivity index (χ2n) is 6.97. The van der Waals surface area contributed by atoms with Gasteiger partial charge in [0.1, 0.15) is 11.2 Å². The molecule has 1 aliphatic rings. The molecule has 1 N–H and O–H groups in total. The summed E-state index contributed by atoms with van der Waals surface area (Å²) < 4.78 is 4.48. The van der Waals surface area contributed by atoms with Crippen molar-refractivity contribution in [3.05, 3.63) is 48.1 Å². The molecule has 3 aromatic rings. The topological polar surface area (TPSA) is 94.7 Å². The second-order valence-corrected chi connectivity index (χ2v) is 8.06. The number of rotatable bonds is 5. The highest BCUT2D eigenvalue weighted by atomic mass is 32.1. The molecule has 0 bridgehead atoms. The predicted molar refractivity (Wildman–Crippen MR) is 100 cm³/mol. The molecule has 1 aliphatic carbocycles. The van der Waals surface area contributed by atoms with Crippen LogP contribution in [0.3, 0.4) is 0 Å². The summed E-state index contributed by atoms with van der Waals surface area (Å²) in [6, 6.07) is -0.000726. The molecule has 8 nitrogen and oxygen atoms in total. The number of hydrogen-bond donors (Lipinski definition) is 1. The van der Waals surface area contributed by atoms with Crippen molar-refractivity contribution in [2.75, 3.05) is 0 Å². The van der Waals surface area contributed by atoms with Gasteiger partial charge in [0.25, 0.3) is 5.56 Å². The highest BCUT2D eigenvalue weighted by Crippen LogP contribution is 2.41. The summed E-state index contributed by atoms with van der Waals surface area (Å²) in [5.74, 6) is 0.356. The maximum absolute atomic E-state index is 13.1. The standard InChI is InChI=1S/C17H21N5O3S/c1-4-5-20-15-13(14(23)22(17(20)25)11-6-9(11)2)10(3)12(26-15)7-21-16(24)18-8-19-21/h8-9,11H,4-7H2,1-3H3,(H,18,19,24)/t9-,11-/m0/s1. The quantitative estimate of drug-likeness (QED) is 0.730. The molecule has 0 aromatic carbocycles. The Morgan fingerprint density at radius 1 is 1.35 bits per heavy atom. The normalized spacial score (nSPS) is 19.3. The van der Waals surface area contributed by atoms with Gasteiger partial charge in [-0.25, -0.2) is 14.3 Å². The molecule has 0 amide bonds. The maximum atomic E-state index is 13.1. The van der Waals surface area contributed by atoms with Crippen LogP contribution < -0.4 is 16.9 Å². The summed E-state index contributed by atoms with van der Waals surface area (Å²) in [6.07, 6.45) is 3.02. The zero-order chi connectivity index (χ0) is 18.6. The zero-order valence-electron chi connectivity index (χ0n) is 15.0. The smallest absolute Gasteiger partial charge is 0.295 e. The Labute approximate surface area is 152 Å². The first-order valence-corrected chi connectivity index (χ1v) is 9.63. The molecule has 0 saturated heterocycles. The highest BCUT2D eigenvalue weighted by molar-refractivity contribution is 7.18. The Bertz CT molecular complexity index is 1160. The van der Waals surface area contributed by atoms with Gasteiger partial charge in [-0.1, -0.05) is 13.8 Å². The van der Waals surface area contributed by atoms with Gasteiger partial charge in [0.15, 0.2) is 0 Å². The van der Waals surface area contributed by atoms with Crippen LogP contribution in [0.2, 0.25) is 0 Å². The Balaban J connectivity index is 1.97. The average molecular weight is 375 g/mol. The van der Waals surface area contributed by atoms with Gasteiger partial charge in [0.2, 0.25) is 0 Å². The SMILES string of the molecule is CCCn1c(=O)n([C@H]2C[C@@H]2C)c(=O)c2c(C)c(Cn3nc[nH]c3=O)sc21. The zero-order valence-corrected chi connectivity index (χ0v) is 15.8. The van der Waals surface area contributed by atoms with E-state index in [1.807, 2.05) is 13.8 Å². The number of fused-ring (bicyclic) bond motifs is 1. The van der Waals surface area contributed by atoms with E-state index in [9.17, 15) is 14.4 Å². The first kappa shape index (κ1) is 17.0. The molecule has 0 spiro atoms. The van der Waals surface area contributed by atoms with Crippen molar-refractivity contribution < 1.29 is 0 Å². The van der Waals surface area contributed by atoms with Crippen molar-refractivity contribution in [2.24, 2.45) is 5.92 Å². The first-order chi connectivity index (χ1) is 12.4. The Morgan fingerprint density at radius 3 is 2.65 bits per heavy atom. The molecule has 9 heteroatoms. The van der Waals surface area contributed by atoms with Gasteiger partial charge in [-0.05, 0) is 31.2 Å². The lowest BCUT2D eigenvalue weighted by molar-refractivity contribution is 0.560. The number of thiophene rings is 1. The van der Waals surface area contributed by atoms with Crippen LogP contribution in [0.1, 0.15) is 43.2 Å². The van der Waals surface area contributed by atoms with Gasteiger partial charge in [0, 0.05) is 17.5 Å². The van der Waals surface area contributed by atoms with E-state index in [2.05, 4.69) is 17.0 Å². The van der Waals surface area contributed by atoms with Crippen molar-refractivity contribution in [3.8, 4) is 0 Å². The van der Waals surface area contributed by atoms with Gasteiger partial charge in [-0.15, -0.1) is 11.3 Å². The average Bonchev–Trinajstić information content (AvgIpc) is 3.01. The minimum atomic E-state index is -0.294. The molecule has 26 heavy (non-hydrogen) atoms. The van der Waals surface area contributed by atoms with Crippen molar-refractivity contribution in [3.63, 3.8) is 0 Å². The summed E-state index contributed by atoms with van der Waals surface area (Å²) in [7, 11) is 0. The summed E-state index contributed by atoms with van der Waals surface area (Å²) in [5, 5.41) is 4.59. The fourth-order valence-corrected chi connectivity index (χ4v) is 4.76. The molecule has 3 aromatic heterocycles. The summed E-state index contributed by atoms with van der Waals surface area (Å²) in [4.78, 5) is 41.9. The third-order valence-electron chi connectivity index (χ3n) is 5.10. The second kappa shape index (κ2) is 6.08. The van der Waals surface area contributed by atoms with Crippen LogP contribution in [0, 0.1) is 12.8 Å². The maximum Gasteiger partial charge on any atom is 0.343 e. The monoisotopic (exact) mass is 375 g/mol. The van der Waals surface area contributed by atoms with E-state index in [0.717, 1.165) is 23.3 Å². The lowest BCUT2D eigenvalue weighted by atomic mass is 10.2. The van der Waals surface area contributed by atoms with Crippen molar-refractivity contribution in [2.45, 2.75) is 52.7 Å². The minimum absolute atomic E-state index is 0.000726. The summed E-state index contributed by atoms with van der Waals surface area (Å²) >= 11 is 1.40. The summed E-state index contributed by atoms with van der Waals surface area (Å²) in [5.41, 5.74) is 0.110. The van der Waals surface area contributed by atoms with Crippen LogP contribution in [-0.2, 0) is 13.1 Å². The molecule has 0 aliphatic heterocycles. The molecule has 0 radical (unpaired) electrons. The van der Waals surface area contributed by atoms with Crippen LogP contribution in [0.25, 0.3) is 10.2 Å². The largest absolute Gasteiger partial charge is 0.343 e. The van der Waals surface area contributed by atoms with Crippen LogP contribution >= 0.6 is 11.3 Å². The molecular formula is C17H21N5O3S. The lowest BCUT2D eigenvalue weighted by Crippen LogP contribution is -2.39. The fourth-order valence-electron chi connectivity index (χ4n) is 3.47. The molecule has 1 saturated carbocycles. The van der Waals surface area contributed by atoms with Crippen molar-refractivity contribution >= 4 is 21.6 Å². The van der Waals surface area contributed by atoms with Gasteiger partial charge in [-0.2, -0.15) is 5.10 Å². The number of aromatic amines is 1. The molecule has 3 heterocycles. The van der Waals surface area contributed by atoms with E-state index >= 15 is 0 Å². The van der Waals surface area contributed by atoms with Gasteiger partial charge in [0.05, 0.1) is 11.9 Å². The van der Waals surface area contributed by atoms with E-state index < -0.39 is 0 Å². The molecule has 4 rings (SSSR count). The number of nitrogens with zero attached hydrogens (tertiary/aromatic N) is 4. The van der Waals surface area contributed by atoms with E-state index in [-0.39, 0.29) is 29.5 Å². The summed E-state index contributed by atoms with van der Waals surface area (Å²) in [6.45, 7) is 6.80. The Morgan fingerprint density at radius 2 is 2.08 bits per heavy atom. The number of H-pyrrole nitrogens is 1. The van der Waals surface area contributed by atoms with Crippen LogP contribution in [0.4, 0.5) is 0 Å². The Kier molecular flexibility index (Phi) is 3.98. The van der Waals surface area contributed by atoms with Crippen molar-refractivity contribution in [1.82, 2.24) is 23.9 Å². The van der Waals surface area contributed by atoms with E-state index in [1.54, 1.807) is 4.57 Å². The van der Waals surface area contributed by atoms with E-state index in [1.165, 1.54) is 26.9 Å². The molecule has 138 valence electrons. The number of aryl methyl sites for hydroxylation is 2. The van der Waals surface area contributed by atoms with Crippen molar-refractivity contribution in [1.29, 1.82) is 0 Å². The van der Waals surface area contributed by atoms with Gasteiger partial charge in [-0.3, -0.25) is 18.9 Å². The number of nitrogens with one attached hydrogen (secondary N) is 1. The Hall–Kier alpha value is -2.42. The molecular weight excluding hydrogens is 354 g/mol. The van der Waals surface area contributed by atoms with Crippen LogP contribution in [-0.4, -0.2) is 23.9 Å². The predicted octanol–water partition coefficient (Wildman–Crippen LogP) is 1.46. The number of aromatic nitrogens is 5. The number of hydrogen-bond acceptors (Lipinski definition) is 5. The molecule has 0 unspecified atom stereocenters. The minimum Gasteiger partial charge on any atom is -0.295 e. The van der Waals surface area contributed by atoms with E-state index in [4.69, 9.17) is 0 Å². The first-order valence-electron chi connectivity index (χ1n) is 8.81. The fraction of sp³-hybridized carbons (Fsp3) is 0.529. The van der Waals surface area contributed by atoms with Gasteiger partial charge >= 0.3 is 11.4 Å². The van der Waals surface area contributed by atoms with E-state index in [0.29, 0.717) is 22.7 Å². The third kappa shape index (κ3) is 2.49. The third-order valence-corrected chi connectivity index (χ3v) is 6.40. The van der Waals surface area contributed by atoms with Crippen LogP contribution in [0.15, 0.2) is 20.7 Å².